The molecule has 0 atom stereocenters. The van der Waals surface area contributed by atoms with Crippen molar-refractivity contribution in [1.29, 1.82) is 0 Å². The average Bonchev–Trinajstić information content (AvgIpc) is 3.26. The zero-order valence-electron chi connectivity index (χ0n) is 14.3. The number of oxazole rings is 1. The lowest BCUT2D eigenvalue weighted by atomic mass is 10.4. The van der Waals surface area contributed by atoms with Crippen LogP contribution in [0.1, 0.15) is 22.8 Å². The molecule has 0 aromatic carbocycles. The van der Waals surface area contributed by atoms with Crippen LogP contribution in [-0.2, 0) is 17.0 Å². The smallest absolute Gasteiger partial charge is 0.236 e. The fourth-order valence-electron chi connectivity index (χ4n) is 2.38. The number of ether oxygens (including phenoxy) is 1. The van der Waals surface area contributed by atoms with Gasteiger partial charge in [-0.1, -0.05) is 17.8 Å². The molecule has 3 aromatic rings. The first kappa shape index (κ1) is 17.3. The second-order valence-electron chi connectivity index (χ2n) is 5.50. The second kappa shape index (κ2) is 7.55. The molecule has 3 heterocycles. The maximum absolute atomic E-state index is 5.81. The summed E-state index contributed by atoms with van der Waals surface area (Å²) in [7, 11) is 1.72. The van der Waals surface area contributed by atoms with Gasteiger partial charge in [-0.05, 0) is 32.2 Å². The Hall–Kier alpha value is -1.57. The van der Waals surface area contributed by atoms with Crippen molar-refractivity contribution in [3.63, 3.8) is 0 Å². The molecule has 128 valence electrons. The fraction of sp³-hybridized carbons (Fsp3) is 0.412. The van der Waals surface area contributed by atoms with Gasteiger partial charge in [0, 0.05) is 25.1 Å². The predicted octanol–water partition coefficient (Wildman–Crippen LogP) is 4.46. The van der Waals surface area contributed by atoms with Crippen molar-refractivity contribution in [3.05, 3.63) is 40.4 Å². The molecule has 0 fully saturated rings. The number of nitrogens with zero attached hydrogens (tertiary/aromatic N) is 3. The highest BCUT2D eigenvalue weighted by Crippen LogP contribution is 2.30. The first-order chi connectivity index (χ1) is 11.6. The minimum absolute atomic E-state index is 0.676. The lowest BCUT2D eigenvalue weighted by molar-refractivity contribution is 0.184. The number of aromatic nitrogens is 3. The fourth-order valence-corrected chi connectivity index (χ4v) is 4.15. The summed E-state index contributed by atoms with van der Waals surface area (Å²) < 4.78 is 13.2. The summed E-state index contributed by atoms with van der Waals surface area (Å²) in [4.78, 5) is 10.4. The number of rotatable bonds is 7. The quantitative estimate of drug-likeness (QED) is 0.580. The molecule has 0 amide bonds. The zero-order chi connectivity index (χ0) is 17.1. The SMILES string of the molecule is COCCn1c(SCc2nc(-c3cccs3)oc2C)nc(C)c1C. The number of hydrogen-bond acceptors (Lipinski definition) is 6. The zero-order valence-corrected chi connectivity index (χ0v) is 16.0. The molecule has 0 aliphatic heterocycles. The Morgan fingerprint density at radius 1 is 1.29 bits per heavy atom. The monoisotopic (exact) mass is 363 g/mol. The van der Waals surface area contributed by atoms with Gasteiger partial charge in [-0.2, -0.15) is 0 Å². The second-order valence-corrected chi connectivity index (χ2v) is 7.39. The van der Waals surface area contributed by atoms with Crippen molar-refractivity contribution in [2.75, 3.05) is 13.7 Å². The lowest BCUT2D eigenvalue weighted by Gasteiger charge is -2.08. The lowest BCUT2D eigenvalue weighted by Crippen LogP contribution is -2.07. The van der Waals surface area contributed by atoms with Crippen LogP contribution in [-0.4, -0.2) is 28.3 Å². The predicted molar refractivity (Wildman–Crippen MR) is 97.7 cm³/mol. The summed E-state index contributed by atoms with van der Waals surface area (Å²) in [5.41, 5.74) is 3.22. The topological polar surface area (TPSA) is 53.1 Å². The Kier molecular flexibility index (Phi) is 5.43. The molecule has 0 aliphatic rings. The van der Waals surface area contributed by atoms with Crippen molar-refractivity contribution in [2.24, 2.45) is 0 Å². The summed E-state index contributed by atoms with van der Waals surface area (Å²) in [6.45, 7) is 7.59. The summed E-state index contributed by atoms with van der Waals surface area (Å²) >= 11 is 3.32. The van der Waals surface area contributed by atoms with Gasteiger partial charge in [-0.25, -0.2) is 9.97 Å². The molecular formula is C17H21N3O2S2. The van der Waals surface area contributed by atoms with E-state index >= 15 is 0 Å². The summed E-state index contributed by atoms with van der Waals surface area (Å²) in [5, 5.41) is 3.03. The van der Waals surface area contributed by atoms with Crippen LogP contribution in [0.2, 0.25) is 0 Å². The van der Waals surface area contributed by atoms with Gasteiger partial charge in [0.25, 0.3) is 0 Å². The minimum atomic E-state index is 0.676. The van der Waals surface area contributed by atoms with E-state index in [1.807, 2.05) is 31.4 Å². The van der Waals surface area contributed by atoms with Gasteiger partial charge in [0.15, 0.2) is 5.16 Å². The molecule has 3 rings (SSSR count). The Morgan fingerprint density at radius 3 is 2.83 bits per heavy atom. The van der Waals surface area contributed by atoms with Crippen molar-refractivity contribution >= 4 is 23.1 Å². The van der Waals surface area contributed by atoms with Crippen LogP contribution >= 0.6 is 23.1 Å². The molecule has 3 aromatic heterocycles. The van der Waals surface area contributed by atoms with E-state index < -0.39 is 0 Å². The number of imidazole rings is 1. The number of thiophene rings is 1. The molecule has 7 heteroatoms. The van der Waals surface area contributed by atoms with E-state index in [4.69, 9.17) is 9.15 Å². The van der Waals surface area contributed by atoms with Gasteiger partial charge in [0.05, 0.1) is 22.9 Å². The highest BCUT2D eigenvalue weighted by molar-refractivity contribution is 7.98. The molecule has 0 bridgehead atoms. The molecule has 0 aliphatic carbocycles. The molecule has 5 nitrogen and oxygen atoms in total. The van der Waals surface area contributed by atoms with Crippen molar-refractivity contribution < 1.29 is 9.15 Å². The van der Waals surface area contributed by atoms with Crippen LogP contribution in [0.5, 0.6) is 0 Å². The summed E-state index contributed by atoms with van der Waals surface area (Å²) in [5.74, 6) is 2.31. The largest absolute Gasteiger partial charge is 0.440 e. The van der Waals surface area contributed by atoms with E-state index in [2.05, 4.69) is 21.5 Å². The van der Waals surface area contributed by atoms with Crippen LogP contribution < -0.4 is 0 Å². The molecule has 0 radical (unpaired) electrons. The molecule has 0 saturated heterocycles. The maximum Gasteiger partial charge on any atom is 0.236 e. The van der Waals surface area contributed by atoms with E-state index in [-0.39, 0.29) is 0 Å². The van der Waals surface area contributed by atoms with Crippen LogP contribution in [0.4, 0.5) is 0 Å². The van der Waals surface area contributed by atoms with Gasteiger partial charge in [-0.3, -0.25) is 0 Å². The first-order valence-corrected chi connectivity index (χ1v) is 9.62. The van der Waals surface area contributed by atoms with Crippen molar-refractivity contribution in [2.45, 2.75) is 38.2 Å². The van der Waals surface area contributed by atoms with E-state index in [9.17, 15) is 0 Å². The maximum atomic E-state index is 5.81. The number of thioether (sulfide) groups is 1. The molecule has 24 heavy (non-hydrogen) atoms. The standard InChI is InChI=1S/C17H21N3O2S2/c1-11-12(2)20(7-8-21-4)17(18-11)24-10-14-13(3)22-16(19-14)15-6-5-9-23-15/h5-6,9H,7-8,10H2,1-4H3. The van der Waals surface area contributed by atoms with E-state index in [0.29, 0.717) is 12.5 Å². The molecule has 0 unspecified atom stereocenters. The minimum Gasteiger partial charge on any atom is -0.440 e. The highest BCUT2D eigenvalue weighted by Gasteiger charge is 2.16. The van der Waals surface area contributed by atoms with Crippen LogP contribution in [0.3, 0.4) is 0 Å². The number of hydrogen-bond donors (Lipinski definition) is 0. The van der Waals surface area contributed by atoms with Gasteiger partial charge in [0.1, 0.15) is 5.76 Å². The summed E-state index contributed by atoms with van der Waals surface area (Å²) in [6, 6.07) is 4.03. The van der Waals surface area contributed by atoms with E-state index in [1.165, 1.54) is 5.69 Å². The Labute approximate surface area is 150 Å². The van der Waals surface area contributed by atoms with Gasteiger partial charge in [0.2, 0.25) is 5.89 Å². The van der Waals surface area contributed by atoms with Gasteiger partial charge >= 0.3 is 0 Å². The molecule has 0 saturated carbocycles. The summed E-state index contributed by atoms with van der Waals surface area (Å²) in [6.07, 6.45) is 0. The third-order valence-corrected chi connectivity index (χ3v) is 5.75. The van der Waals surface area contributed by atoms with Crippen LogP contribution in [0.25, 0.3) is 10.8 Å². The van der Waals surface area contributed by atoms with Crippen LogP contribution in [0, 0.1) is 20.8 Å². The van der Waals surface area contributed by atoms with Crippen LogP contribution in [0.15, 0.2) is 27.1 Å². The first-order valence-electron chi connectivity index (χ1n) is 7.75. The third kappa shape index (κ3) is 3.58. The number of aryl methyl sites for hydroxylation is 2. The Morgan fingerprint density at radius 2 is 2.12 bits per heavy atom. The van der Waals surface area contributed by atoms with Crippen molar-refractivity contribution in [1.82, 2.24) is 14.5 Å². The Bertz CT molecular complexity index is 806. The van der Waals surface area contributed by atoms with Gasteiger partial charge < -0.3 is 13.7 Å². The van der Waals surface area contributed by atoms with E-state index in [1.54, 1.807) is 30.2 Å². The highest BCUT2D eigenvalue weighted by atomic mass is 32.2. The van der Waals surface area contributed by atoms with Crippen molar-refractivity contribution in [3.8, 4) is 10.8 Å². The normalized spacial score (nSPS) is 11.3. The number of methoxy groups -OCH3 is 1. The van der Waals surface area contributed by atoms with E-state index in [0.717, 1.165) is 39.5 Å². The third-order valence-electron chi connectivity index (χ3n) is 3.90. The Balaban J connectivity index is 1.75. The van der Waals surface area contributed by atoms with Gasteiger partial charge in [-0.15, -0.1) is 11.3 Å². The molecule has 0 spiro atoms. The molecule has 0 N–H and O–H groups in total. The average molecular weight is 364 g/mol. The molecular weight excluding hydrogens is 342 g/mol.